The van der Waals surface area contributed by atoms with Gasteiger partial charge in [-0.05, 0) is 18.8 Å². The minimum Gasteiger partial charge on any atom is -0.480 e. The van der Waals surface area contributed by atoms with Gasteiger partial charge in [-0.25, -0.2) is 4.79 Å². The molecule has 6 heteroatoms. The van der Waals surface area contributed by atoms with E-state index in [0.29, 0.717) is 19.4 Å². The van der Waals surface area contributed by atoms with E-state index in [1.807, 2.05) is 0 Å². The van der Waals surface area contributed by atoms with Crippen molar-refractivity contribution in [1.82, 2.24) is 4.90 Å². The number of hydrogen-bond donors (Lipinski definition) is 1. The Hall–Kier alpha value is -1.46. The molecule has 0 bridgehead atoms. The highest BCUT2D eigenvalue weighted by Crippen LogP contribution is 2.21. The minimum atomic E-state index is -1.01. The number of likely N-dealkylation sites (tertiary alicyclic amines) is 1. The molecule has 90 valence electrons. The second kappa shape index (κ2) is 5.05. The summed E-state index contributed by atoms with van der Waals surface area (Å²) >= 11 is 0. The van der Waals surface area contributed by atoms with E-state index < -0.39 is 24.0 Å². The standard InChI is InChI=1S/C10H16N2O4/c1-6(2)8(11-16)9(13)12-5-3-4-7(12)10(14)15/h6-8H,3-5H2,1-2H3,(H,14,15)/t7-,8-/m0/s1. The van der Waals surface area contributed by atoms with Crippen LogP contribution in [0.5, 0.6) is 0 Å². The van der Waals surface area contributed by atoms with Crippen LogP contribution in [-0.2, 0) is 9.59 Å². The van der Waals surface area contributed by atoms with E-state index in [2.05, 4.69) is 5.18 Å². The van der Waals surface area contributed by atoms with E-state index in [-0.39, 0.29) is 5.92 Å². The molecular formula is C10H16N2O4. The first-order chi connectivity index (χ1) is 7.49. The lowest BCUT2D eigenvalue weighted by molar-refractivity contribution is -0.149. The van der Waals surface area contributed by atoms with E-state index in [1.165, 1.54) is 4.90 Å². The van der Waals surface area contributed by atoms with Crippen molar-refractivity contribution in [3.63, 3.8) is 0 Å². The Kier molecular flexibility index (Phi) is 3.98. The Morgan fingerprint density at radius 1 is 1.44 bits per heavy atom. The third kappa shape index (κ3) is 2.37. The quantitative estimate of drug-likeness (QED) is 0.723. The Bertz CT molecular complexity index is 303. The van der Waals surface area contributed by atoms with Crippen molar-refractivity contribution >= 4 is 11.9 Å². The van der Waals surface area contributed by atoms with E-state index in [0.717, 1.165) is 0 Å². The predicted octanol–water partition coefficient (Wildman–Crippen LogP) is 0.853. The van der Waals surface area contributed by atoms with Crippen molar-refractivity contribution in [3.05, 3.63) is 4.91 Å². The lowest BCUT2D eigenvalue weighted by Gasteiger charge is -2.24. The molecule has 0 aliphatic carbocycles. The van der Waals surface area contributed by atoms with E-state index in [9.17, 15) is 14.5 Å². The molecule has 0 aromatic heterocycles. The maximum absolute atomic E-state index is 11.9. The van der Waals surface area contributed by atoms with Crippen LogP contribution in [0.3, 0.4) is 0 Å². The third-order valence-electron chi connectivity index (χ3n) is 2.82. The van der Waals surface area contributed by atoms with Crippen LogP contribution in [0.2, 0.25) is 0 Å². The molecule has 0 unspecified atom stereocenters. The molecule has 2 atom stereocenters. The highest BCUT2D eigenvalue weighted by molar-refractivity contribution is 5.87. The lowest BCUT2D eigenvalue weighted by Crippen LogP contribution is -2.46. The summed E-state index contributed by atoms with van der Waals surface area (Å²) in [6, 6.07) is -1.77. The van der Waals surface area contributed by atoms with Crippen LogP contribution in [0.25, 0.3) is 0 Å². The number of carboxylic acids is 1. The van der Waals surface area contributed by atoms with E-state index in [1.54, 1.807) is 13.8 Å². The number of nitrogens with zero attached hydrogens (tertiary/aromatic N) is 2. The molecule has 6 nitrogen and oxygen atoms in total. The first-order valence-corrected chi connectivity index (χ1v) is 5.34. The first kappa shape index (κ1) is 12.6. The van der Waals surface area contributed by atoms with Crippen LogP contribution < -0.4 is 0 Å². The zero-order valence-corrected chi connectivity index (χ0v) is 9.42. The van der Waals surface area contributed by atoms with Crippen molar-refractivity contribution in [2.75, 3.05) is 6.54 Å². The van der Waals surface area contributed by atoms with Gasteiger partial charge < -0.3 is 10.0 Å². The molecule has 1 aliphatic heterocycles. The summed E-state index contributed by atoms with van der Waals surface area (Å²) < 4.78 is 0. The number of aliphatic carboxylic acids is 1. The highest BCUT2D eigenvalue weighted by Gasteiger charge is 2.38. The molecule has 0 spiro atoms. The summed E-state index contributed by atoms with van der Waals surface area (Å²) in [6.45, 7) is 3.83. The number of amides is 1. The fourth-order valence-corrected chi connectivity index (χ4v) is 1.91. The second-order valence-corrected chi connectivity index (χ2v) is 4.32. The summed E-state index contributed by atoms with van der Waals surface area (Å²) in [4.78, 5) is 34.6. The summed E-state index contributed by atoms with van der Waals surface area (Å²) in [5, 5.41) is 11.7. The first-order valence-electron chi connectivity index (χ1n) is 5.34. The van der Waals surface area contributed by atoms with Crippen molar-refractivity contribution in [1.29, 1.82) is 0 Å². The third-order valence-corrected chi connectivity index (χ3v) is 2.82. The fraction of sp³-hybridized carbons (Fsp3) is 0.800. The number of nitroso groups, excluding NO2 is 1. The summed E-state index contributed by atoms with van der Waals surface area (Å²) in [5.41, 5.74) is 0. The number of carbonyl (C=O) groups is 2. The molecule has 0 saturated carbocycles. The molecule has 16 heavy (non-hydrogen) atoms. The van der Waals surface area contributed by atoms with Crippen LogP contribution in [0.15, 0.2) is 5.18 Å². The van der Waals surface area contributed by atoms with Gasteiger partial charge >= 0.3 is 5.97 Å². The molecule has 1 amide bonds. The van der Waals surface area contributed by atoms with Gasteiger partial charge in [0.1, 0.15) is 6.04 Å². The maximum Gasteiger partial charge on any atom is 0.326 e. The molecule has 1 N–H and O–H groups in total. The highest BCUT2D eigenvalue weighted by atomic mass is 16.4. The molecule has 1 heterocycles. The molecular weight excluding hydrogens is 212 g/mol. The molecule has 1 aliphatic rings. The van der Waals surface area contributed by atoms with Gasteiger partial charge in [0.2, 0.25) is 0 Å². The van der Waals surface area contributed by atoms with Gasteiger partial charge in [0.25, 0.3) is 5.91 Å². The topological polar surface area (TPSA) is 87.0 Å². The number of rotatable bonds is 4. The molecule has 1 saturated heterocycles. The second-order valence-electron chi connectivity index (χ2n) is 4.32. The zero-order chi connectivity index (χ0) is 12.3. The summed E-state index contributed by atoms with van der Waals surface area (Å²) in [7, 11) is 0. The average Bonchev–Trinajstić information content (AvgIpc) is 2.65. The SMILES string of the molecule is CC(C)[C@H](N=O)C(=O)N1CCC[C@H]1C(=O)O. The van der Waals surface area contributed by atoms with Crippen LogP contribution >= 0.6 is 0 Å². The van der Waals surface area contributed by atoms with Gasteiger partial charge in [-0.1, -0.05) is 19.0 Å². The predicted molar refractivity (Wildman–Crippen MR) is 56.8 cm³/mol. The number of hydrogen-bond acceptors (Lipinski definition) is 4. The smallest absolute Gasteiger partial charge is 0.326 e. The van der Waals surface area contributed by atoms with Gasteiger partial charge in [0.05, 0.1) is 0 Å². The van der Waals surface area contributed by atoms with Crippen LogP contribution in [0.1, 0.15) is 26.7 Å². The zero-order valence-electron chi connectivity index (χ0n) is 9.42. The Labute approximate surface area is 93.6 Å². The fourth-order valence-electron chi connectivity index (χ4n) is 1.91. The normalized spacial score (nSPS) is 22.2. The molecule has 0 radical (unpaired) electrons. The Morgan fingerprint density at radius 3 is 2.50 bits per heavy atom. The van der Waals surface area contributed by atoms with Gasteiger partial charge in [0, 0.05) is 6.54 Å². The number of carboxylic acid groups (broad SMARTS) is 1. The van der Waals surface area contributed by atoms with Crippen molar-refractivity contribution in [3.8, 4) is 0 Å². The van der Waals surface area contributed by atoms with E-state index >= 15 is 0 Å². The van der Waals surface area contributed by atoms with E-state index in [4.69, 9.17) is 5.11 Å². The van der Waals surface area contributed by atoms with Gasteiger partial charge in [-0.15, -0.1) is 4.91 Å². The van der Waals surface area contributed by atoms with Gasteiger partial charge in [-0.3, -0.25) is 4.79 Å². The summed E-state index contributed by atoms with van der Waals surface area (Å²) in [6.07, 6.45) is 1.11. The van der Waals surface area contributed by atoms with Gasteiger partial charge in [0.15, 0.2) is 6.04 Å². The largest absolute Gasteiger partial charge is 0.480 e. The minimum absolute atomic E-state index is 0.208. The van der Waals surface area contributed by atoms with Crippen molar-refractivity contribution in [2.24, 2.45) is 11.1 Å². The Balaban J connectivity index is 2.79. The maximum atomic E-state index is 11.9. The van der Waals surface area contributed by atoms with Crippen LogP contribution in [-0.4, -0.2) is 40.5 Å². The van der Waals surface area contributed by atoms with Crippen LogP contribution in [0, 0.1) is 10.8 Å². The monoisotopic (exact) mass is 228 g/mol. The molecule has 0 aromatic rings. The van der Waals surface area contributed by atoms with Gasteiger partial charge in [-0.2, -0.15) is 0 Å². The molecule has 0 aromatic carbocycles. The Morgan fingerprint density at radius 2 is 2.06 bits per heavy atom. The average molecular weight is 228 g/mol. The van der Waals surface area contributed by atoms with Crippen LogP contribution in [0.4, 0.5) is 0 Å². The summed E-state index contributed by atoms with van der Waals surface area (Å²) in [5.74, 6) is -1.69. The number of carbonyl (C=O) groups excluding carboxylic acids is 1. The molecule has 1 rings (SSSR count). The van der Waals surface area contributed by atoms with Crippen molar-refractivity contribution < 1.29 is 14.7 Å². The van der Waals surface area contributed by atoms with Crippen molar-refractivity contribution in [2.45, 2.75) is 38.8 Å². The lowest BCUT2D eigenvalue weighted by atomic mass is 10.0. The molecule has 1 fully saturated rings.